The summed E-state index contributed by atoms with van der Waals surface area (Å²) < 4.78 is 11.2. The Kier molecular flexibility index (Phi) is 4.79. The quantitative estimate of drug-likeness (QED) is 0.651. The average molecular weight is 365 g/mol. The van der Waals surface area contributed by atoms with Crippen LogP contribution in [0.15, 0.2) is 39.3 Å². The van der Waals surface area contributed by atoms with Crippen molar-refractivity contribution in [2.24, 2.45) is 0 Å². The van der Waals surface area contributed by atoms with Crippen molar-refractivity contribution in [3.05, 3.63) is 53.4 Å². The van der Waals surface area contributed by atoms with E-state index in [1.54, 1.807) is 6.08 Å². The molecule has 0 saturated carbocycles. The highest BCUT2D eigenvalue weighted by atomic mass is 16.5. The van der Waals surface area contributed by atoms with Crippen LogP contribution in [0.5, 0.6) is 0 Å². The van der Waals surface area contributed by atoms with E-state index in [0.717, 1.165) is 41.6 Å². The molecule has 3 heterocycles. The predicted molar refractivity (Wildman–Crippen MR) is 102 cm³/mol. The van der Waals surface area contributed by atoms with Crippen LogP contribution in [0.4, 0.5) is 0 Å². The number of hydrogen-bond acceptors (Lipinski definition) is 5. The summed E-state index contributed by atoms with van der Waals surface area (Å²) in [6.45, 7) is 5.27. The topological polar surface area (TPSA) is 72.4 Å². The molecule has 140 valence electrons. The van der Waals surface area contributed by atoms with Gasteiger partial charge in [0.2, 0.25) is 11.8 Å². The molecule has 3 aromatic rings. The van der Waals surface area contributed by atoms with Gasteiger partial charge in [0.1, 0.15) is 11.3 Å². The minimum atomic E-state index is 0.0301. The number of likely N-dealkylation sites (tertiary alicyclic amines) is 1. The zero-order valence-corrected chi connectivity index (χ0v) is 15.6. The zero-order valence-electron chi connectivity index (χ0n) is 15.6. The Bertz CT molecular complexity index is 978. The number of rotatable bonds is 4. The van der Waals surface area contributed by atoms with E-state index in [4.69, 9.17) is 8.94 Å². The van der Waals surface area contributed by atoms with Gasteiger partial charge in [-0.05, 0) is 31.9 Å². The third-order valence-corrected chi connectivity index (χ3v) is 5.12. The Balaban J connectivity index is 1.44. The molecule has 0 bridgehead atoms. The highest BCUT2D eigenvalue weighted by Gasteiger charge is 2.26. The van der Waals surface area contributed by atoms with Crippen molar-refractivity contribution >= 4 is 23.0 Å². The van der Waals surface area contributed by atoms with Crippen LogP contribution in [0.25, 0.3) is 17.0 Å². The minimum Gasteiger partial charge on any atom is -0.460 e. The fourth-order valence-electron chi connectivity index (χ4n) is 3.65. The molecule has 6 heteroatoms. The Hall–Kier alpha value is -2.89. The molecule has 0 N–H and O–H groups in total. The maximum absolute atomic E-state index is 12.6. The number of fused-ring (bicyclic) bond motifs is 1. The van der Waals surface area contributed by atoms with Crippen LogP contribution in [0.1, 0.15) is 48.7 Å². The summed E-state index contributed by atoms with van der Waals surface area (Å²) in [7, 11) is 0. The first kappa shape index (κ1) is 17.5. The van der Waals surface area contributed by atoms with Crippen LogP contribution >= 0.6 is 0 Å². The Morgan fingerprint density at radius 2 is 2.07 bits per heavy atom. The van der Waals surface area contributed by atoms with Crippen molar-refractivity contribution < 1.29 is 13.7 Å². The van der Waals surface area contributed by atoms with Crippen molar-refractivity contribution in [1.29, 1.82) is 0 Å². The first-order valence-corrected chi connectivity index (χ1v) is 9.43. The minimum absolute atomic E-state index is 0.0301. The molecule has 4 rings (SSSR count). The van der Waals surface area contributed by atoms with Gasteiger partial charge >= 0.3 is 0 Å². The summed E-state index contributed by atoms with van der Waals surface area (Å²) in [5.41, 5.74) is 1.86. The largest absolute Gasteiger partial charge is 0.460 e. The molecule has 1 fully saturated rings. The van der Waals surface area contributed by atoms with Crippen molar-refractivity contribution in [2.75, 3.05) is 13.1 Å². The lowest BCUT2D eigenvalue weighted by molar-refractivity contribution is -0.127. The molecule has 2 aromatic heterocycles. The van der Waals surface area contributed by atoms with Gasteiger partial charge in [0.25, 0.3) is 0 Å². The molecule has 0 aliphatic carbocycles. The molecule has 1 aromatic carbocycles. The van der Waals surface area contributed by atoms with Crippen LogP contribution in [-0.4, -0.2) is 34.0 Å². The number of amides is 1. The number of para-hydroxylation sites is 1. The number of benzene rings is 1. The number of piperidine rings is 1. The van der Waals surface area contributed by atoms with Crippen molar-refractivity contribution in [3.63, 3.8) is 0 Å². The lowest BCUT2D eigenvalue weighted by Crippen LogP contribution is -2.36. The van der Waals surface area contributed by atoms with E-state index in [9.17, 15) is 4.79 Å². The molecule has 0 atom stereocenters. The molecular formula is C21H23N3O3. The monoisotopic (exact) mass is 365 g/mol. The Morgan fingerprint density at radius 3 is 2.78 bits per heavy atom. The van der Waals surface area contributed by atoms with Gasteiger partial charge in [-0.2, -0.15) is 4.98 Å². The van der Waals surface area contributed by atoms with Gasteiger partial charge in [-0.3, -0.25) is 4.79 Å². The van der Waals surface area contributed by atoms with E-state index in [2.05, 4.69) is 17.1 Å². The van der Waals surface area contributed by atoms with Crippen LogP contribution in [0.2, 0.25) is 0 Å². The summed E-state index contributed by atoms with van der Waals surface area (Å²) in [6, 6.07) is 7.93. The number of hydrogen-bond donors (Lipinski definition) is 0. The molecule has 1 amide bonds. The van der Waals surface area contributed by atoms with Gasteiger partial charge in [0, 0.05) is 42.5 Å². The van der Waals surface area contributed by atoms with Gasteiger partial charge in [-0.1, -0.05) is 30.3 Å². The molecule has 0 spiro atoms. The highest BCUT2D eigenvalue weighted by molar-refractivity contribution is 5.96. The van der Waals surface area contributed by atoms with Crippen LogP contribution in [0.3, 0.4) is 0 Å². The summed E-state index contributed by atoms with van der Waals surface area (Å²) in [4.78, 5) is 18.8. The van der Waals surface area contributed by atoms with Crippen molar-refractivity contribution in [3.8, 4) is 0 Å². The lowest BCUT2D eigenvalue weighted by atomic mass is 9.96. The van der Waals surface area contributed by atoms with Crippen LogP contribution in [0, 0.1) is 6.92 Å². The first-order valence-electron chi connectivity index (χ1n) is 9.43. The summed E-state index contributed by atoms with van der Waals surface area (Å²) >= 11 is 0. The second-order valence-electron chi connectivity index (χ2n) is 6.90. The molecule has 1 aliphatic rings. The third kappa shape index (κ3) is 3.52. The van der Waals surface area contributed by atoms with Gasteiger partial charge in [-0.25, -0.2) is 0 Å². The first-order chi connectivity index (χ1) is 13.2. The maximum Gasteiger partial charge on any atom is 0.246 e. The van der Waals surface area contributed by atoms with Gasteiger partial charge in [0.15, 0.2) is 5.82 Å². The molecule has 6 nitrogen and oxygen atoms in total. The fraction of sp³-hybridized carbons (Fsp3) is 0.381. The Labute approximate surface area is 157 Å². The number of nitrogens with zero attached hydrogens (tertiary/aromatic N) is 3. The molecule has 27 heavy (non-hydrogen) atoms. The van der Waals surface area contributed by atoms with Crippen molar-refractivity contribution in [2.45, 2.75) is 39.0 Å². The second-order valence-corrected chi connectivity index (χ2v) is 6.90. The number of aryl methyl sites for hydroxylation is 2. The molecule has 1 aliphatic heterocycles. The maximum atomic E-state index is 12.6. The molecular weight excluding hydrogens is 342 g/mol. The number of carbonyl (C=O) groups excluding carboxylic acids is 1. The van der Waals surface area contributed by atoms with Crippen LogP contribution < -0.4 is 0 Å². The molecule has 0 radical (unpaired) electrons. The number of carbonyl (C=O) groups is 1. The van der Waals surface area contributed by atoms with E-state index >= 15 is 0 Å². The van der Waals surface area contributed by atoms with Gasteiger partial charge in [0.05, 0.1) is 0 Å². The normalized spacial score (nSPS) is 15.9. The van der Waals surface area contributed by atoms with E-state index < -0.39 is 0 Å². The SMILES string of the molecule is CCc1oc2ccccc2c1C=CC(=O)N1CCC(c2nc(C)no2)CC1. The summed E-state index contributed by atoms with van der Waals surface area (Å²) in [6.07, 6.45) is 6.03. The number of aromatic nitrogens is 2. The van der Waals surface area contributed by atoms with Crippen molar-refractivity contribution in [1.82, 2.24) is 15.0 Å². The van der Waals surface area contributed by atoms with Crippen LogP contribution in [-0.2, 0) is 11.2 Å². The fourth-order valence-corrected chi connectivity index (χ4v) is 3.65. The predicted octanol–water partition coefficient (Wildman–Crippen LogP) is 4.11. The Morgan fingerprint density at radius 1 is 1.30 bits per heavy atom. The number of furan rings is 1. The summed E-state index contributed by atoms with van der Waals surface area (Å²) in [5.74, 6) is 2.52. The lowest BCUT2D eigenvalue weighted by Gasteiger charge is -2.29. The third-order valence-electron chi connectivity index (χ3n) is 5.12. The molecule has 1 saturated heterocycles. The van der Waals surface area contributed by atoms with Gasteiger partial charge < -0.3 is 13.8 Å². The van der Waals surface area contributed by atoms with E-state index in [1.165, 1.54) is 0 Å². The smallest absolute Gasteiger partial charge is 0.246 e. The average Bonchev–Trinajstić information content (AvgIpc) is 3.29. The van der Waals surface area contributed by atoms with E-state index in [1.807, 2.05) is 42.2 Å². The highest BCUT2D eigenvalue weighted by Crippen LogP contribution is 2.29. The van der Waals surface area contributed by atoms with Gasteiger partial charge in [-0.15, -0.1) is 0 Å². The van der Waals surface area contributed by atoms with E-state index in [0.29, 0.717) is 24.8 Å². The standard InChI is InChI=1S/C21H23N3O3/c1-3-18-17(16-6-4-5-7-19(16)26-18)8-9-20(25)24-12-10-15(11-13-24)21-22-14(2)23-27-21/h4-9,15H,3,10-13H2,1-2H3. The molecule has 0 unspecified atom stereocenters. The zero-order chi connectivity index (χ0) is 18.8. The summed E-state index contributed by atoms with van der Waals surface area (Å²) in [5, 5.41) is 4.90. The second kappa shape index (κ2) is 7.39. The van der Waals surface area contributed by atoms with E-state index in [-0.39, 0.29) is 11.8 Å².